The van der Waals surface area contributed by atoms with Crippen LogP contribution in [0, 0.1) is 0 Å². The van der Waals surface area contributed by atoms with Gasteiger partial charge in [0.1, 0.15) is 17.3 Å². The van der Waals surface area contributed by atoms with Gasteiger partial charge in [0.25, 0.3) is 0 Å². The van der Waals surface area contributed by atoms with Crippen LogP contribution in [0.5, 0.6) is 0 Å². The van der Waals surface area contributed by atoms with Gasteiger partial charge in [-0.1, -0.05) is 30.3 Å². The summed E-state index contributed by atoms with van der Waals surface area (Å²) < 4.78 is 17.3. The lowest BCUT2D eigenvalue weighted by atomic mass is 10.1. The molecule has 1 aromatic rings. The van der Waals surface area contributed by atoms with Crippen molar-refractivity contribution in [1.29, 1.82) is 0 Å². The molecule has 2 aliphatic heterocycles. The van der Waals surface area contributed by atoms with Gasteiger partial charge in [0.15, 0.2) is 0 Å². The molecule has 0 amide bonds. The number of nitrogens with zero attached hydrogens (tertiary/aromatic N) is 2. The van der Waals surface area contributed by atoms with Crippen LogP contribution in [0.1, 0.15) is 5.56 Å². The number of nitrogens with two attached hydrogens (primary N) is 1. The summed E-state index contributed by atoms with van der Waals surface area (Å²) in [6.45, 7) is -0.127. The van der Waals surface area contributed by atoms with Crippen LogP contribution in [0.2, 0.25) is 0 Å². The third-order valence-corrected chi connectivity index (χ3v) is 6.94. The molecule has 1 fully saturated rings. The van der Waals surface area contributed by atoms with Crippen molar-refractivity contribution >= 4 is 25.3 Å². The van der Waals surface area contributed by atoms with E-state index in [-0.39, 0.29) is 19.0 Å². The first kappa shape index (κ1) is 21.3. The first-order valence-corrected chi connectivity index (χ1v) is 11.0. The summed E-state index contributed by atoms with van der Waals surface area (Å²) in [6.07, 6.45) is -0.787. The minimum absolute atomic E-state index is 0.143. The molecule has 1 saturated heterocycles. The van der Waals surface area contributed by atoms with Crippen molar-refractivity contribution in [2.45, 2.75) is 35.7 Å². The molecular formula is C16H23N4O6PS. The van der Waals surface area contributed by atoms with E-state index < -0.39 is 36.9 Å². The standard InChI is InChI=1S/C16H23N4O6PS/c17-12-6-7-20(16(23)19-12)15-14(22)13(21)11(28-15)9-26-27(24,25)18-8-10-4-2-1-3-5-10/h1-7,11,13-16,21-23H,8-9H2,(H2,17,19)(H2,18,24,25)/t11-,13-,14+,15-,16?/m1/s1. The first-order valence-electron chi connectivity index (χ1n) is 8.52. The van der Waals surface area contributed by atoms with Gasteiger partial charge in [-0.25, -0.2) is 14.6 Å². The Kier molecular flexibility index (Phi) is 6.79. The molecule has 2 unspecified atom stereocenters. The summed E-state index contributed by atoms with van der Waals surface area (Å²) in [6, 6.07) is 9.07. The van der Waals surface area contributed by atoms with Gasteiger partial charge in [-0.3, -0.25) is 4.52 Å². The minimum Gasteiger partial charge on any atom is -0.389 e. The fourth-order valence-electron chi connectivity index (χ4n) is 2.82. The predicted molar refractivity (Wildman–Crippen MR) is 105 cm³/mol. The van der Waals surface area contributed by atoms with Gasteiger partial charge in [0, 0.05) is 12.7 Å². The van der Waals surface area contributed by atoms with Crippen molar-refractivity contribution in [3.8, 4) is 0 Å². The normalized spacial score (nSPS) is 32.2. The number of aliphatic hydroxyl groups excluding tert-OH is 3. The Bertz CT molecular complexity index is 782. The lowest BCUT2D eigenvalue weighted by Crippen LogP contribution is -2.46. The van der Waals surface area contributed by atoms with Gasteiger partial charge < -0.3 is 30.8 Å². The predicted octanol–water partition coefficient (Wildman–Crippen LogP) is -0.481. The van der Waals surface area contributed by atoms with Crippen molar-refractivity contribution in [3.05, 3.63) is 48.2 Å². The second kappa shape index (κ2) is 8.93. The van der Waals surface area contributed by atoms with E-state index in [2.05, 4.69) is 10.1 Å². The molecule has 12 heteroatoms. The molecule has 3 rings (SSSR count). The number of rotatable bonds is 7. The van der Waals surface area contributed by atoms with Gasteiger partial charge in [-0.15, -0.1) is 11.8 Å². The summed E-state index contributed by atoms with van der Waals surface area (Å²) >= 11 is 1.11. The highest BCUT2D eigenvalue weighted by molar-refractivity contribution is 8.00. The van der Waals surface area contributed by atoms with E-state index >= 15 is 0 Å². The zero-order valence-electron chi connectivity index (χ0n) is 14.8. The van der Waals surface area contributed by atoms with E-state index in [1.54, 1.807) is 12.1 Å². The summed E-state index contributed by atoms with van der Waals surface area (Å²) in [5.41, 5.74) is 6.33. The lowest BCUT2D eigenvalue weighted by molar-refractivity contribution is -0.0359. The summed E-state index contributed by atoms with van der Waals surface area (Å²) in [5, 5.41) is 31.6. The maximum atomic E-state index is 12.2. The zero-order chi connectivity index (χ0) is 20.3. The fourth-order valence-corrected chi connectivity index (χ4v) is 5.22. The molecule has 0 radical (unpaired) electrons. The number of aliphatic hydroxyl groups is 3. The quantitative estimate of drug-likeness (QED) is 0.312. The Morgan fingerprint density at radius 1 is 1.25 bits per heavy atom. The average molecular weight is 430 g/mol. The van der Waals surface area contributed by atoms with E-state index in [0.717, 1.165) is 17.3 Å². The molecular weight excluding hydrogens is 407 g/mol. The third-order valence-electron chi connectivity index (χ3n) is 4.32. The molecule has 2 aliphatic rings. The fraction of sp³-hybridized carbons (Fsp3) is 0.438. The first-order chi connectivity index (χ1) is 13.3. The van der Waals surface area contributed by atoms with Gasteiger partial charge in [0.05, 0.1) is 18.0 Å². The molecule has 28 heavy (non-hydrogen) atoms. The van der Waals surface area contributed by atoms with Gasteiger partial charge in [0.2, 0.25) is 6.35 Å². The number of benzene rings is 1. The van der Waals surface area contributed by atoms with Gasteiger partial charge in [-0.05, 0) is 11.6 Å². The number of hydrogen-bond acceptors (Lipinski definition) is 9. The largest absolute Gasteiger partial charge is 0.403 e. The molecule has 0 spiro atoms. The molecule has 2 heterocycles. The summed E-state index contributed by atoms with van der Waals surface area (Å²) in [7, 11) is -4.10. The van der Waals surface area contributed by atoms with Gasteiger partial charge >= 0.3 is 7.75 Å². The van der Waals surface area contributed by atoms with Crippen LogP contribution < -0.4 is 10.8 Å². The van der Waals surface area contributed by atoms with Crippen LogP contribution in [0.25, 0.3) is 0 Å². The number of aliphatic imine (C=N–C) groups is 1. The maximum Gasteiger partial charge on any atom is 0.403 e. The van der Waals surface area contributed by atoms with E-state index in [4.69, 9.17) is 10.3 Å². The van der Waals surface area contributed by atoms with Crippen LogP contribution >= 0.6 is 19.5 Å². The second-order valence-corrected chi connectivity index (χ2v) is 9.32. The van der Waals surface area contributed by atoms with Crippen LogP contribution in [0.3, 0.4) is 0 Å². The Balaban J connectivity index is 1.54. The number of hydrogen-bond donors (Lipinski definition) is 6. The molecule has 0 bridgehead atoms. The van der Waals surface area contributed by atoms with Crippen molar-refractivity contribution in [3.63, 3.8) is 0 Å². The second-order valence-electron chi connectivity index (χ2n) is 6.35. The molecule has 7 N–H and O–H groups in total. The molecule has 154 valence electrons. The summed E-state index contributed by atoms with van der Waals surface area (Å²) in [5.74, 6) is 0.146. The van der Waals surface area contributed by atoms with Crippen LogP contribution in [-0.4, -0.2) is 66.7 Å². The van der Waals surface area contributed by atoms with Crippen LogP contribution in [0.15, 0.2) is 47.6 Å². The van der Waals surface area contributed by atoms with Crippen LogP contribution in [0.4, 0.5) is 0 Å². The third kappa shape index (κ3) is 5.13. The van der Waals surface area contributed by atoms with E-state index in [9.17, 15) is 24.8 Å². The van der Waals surface area contributed by atoms with Crippen molar-refractivity contribution < 1.29 is 29.3 Å². The SMILES string of the molecule is NC1=NC(O)N([C@@H]2S[C@H](COP(=O)(O)NCc3ccccc3)[C@@H](O)[C@@H]2O)C=C1. The number of nitrogens with one attached hydrogen (secondary N) is 1. The highest BCUT2D eigenvalue weighted by Gasteiger charge is 2.46. The number of thioether (sulfide) groups is 1. The molecule has 0 aromatic heterocycles. The van der Waals surface area contributed by atoms with E-state index in [0.29, 0.717) is 0 Å². The van der Waals surface area contributed by atoms with Crippen LogP contribution in [-0.2, 0) is 15.6 Å². The average Bonchev–Trinajstić information content (AvgIpc) is 2.94. The van der Waals surface area contributed by atoms with Crippen molar-refractivity contribution in [2.24, 2.45) is 10.7 Å². The molecule has 6 atom stereocenters. The van der Waals surface area contributed by atoms with E-state index in [1.807, 2.05) is 18.2 Å². The zero-order valence-corrected chi connectivity index (χ0v) is 16.5. The Labute approximate surface area is 166 Å². The van der Waals surface area contributed by atoms with Crippen molar-refractivity contribution in [1.82, 2.24) is 9.99 Å². The Morgan fingerprint density at radius 3 is 2.64 bits per heavy atom. The smallest absolute Gasteiger partial charge is 0.389 e. The topological polar surface area (TPSA) is 161 Å². The monoisotopic (exact) mass is 430 g/mol. The molecule has 1 aromatic carbocycles. The minimum atomic E-state index is -4.10. The lowest BCUT2D eigenvalue weighted by Gasteiger charge is -2.33. The highest BCUT2D eigenvalue weighted by Crippen LogP contribution is 2.42. The maximum absolute atomic E-state index is 12.2. The Morgan fingerprint density at radius 2 is 1.96 bits per heavy atom. The Hall–Kier alpha value is -1.43. The van der Waals surface area contributed by atoms with E-state index in [1.165, 1.54) is 17.2 Å². The summed E-state index contributed by atoms with van der Waals surface area (Å²) in [4.78, 5) is 15.1. The molecule has 0 saturated carbocycles. The van der Waals surface area contributed by atoms with Crippen molar-refractivity contribution in [2.75, 3.05) is 6.61 Å². The highest BCUT2D eigenvalue weighted by atomic mass is 32.2. The molecule has 10 nitrogen and oxygen atoms in total. The number of amidine groups is 1. The molecule has 0 aliphatic carbocycles. The van der Waals surface area contributed by atoms with Gasteiger partial charge in [-0.2, -0.15) is 0 Å².